The average Bonchev–Trinajstić information content (AvgIpc) is 2.67. The van der Waals surface area contributed by atoms with Crippen LogP contribution in [0.3, 0.4) is 0 Å². The van der Waals surface area contributed by atoms with Crippen molar-refractivity contribution in [3.05, 3.63) is 84.6 Å². The maximum atomic E-state index is 5.67. The van der Waals surface area contributed by atoms with E-state index in [1.54, 1.807) is 0 Å². The van der Waals surface area contributed by atoms with Gasteiger partial charge in [0, 0.05) is 31.7 Å². The van der Waals surface area contributed by atoms with Crippen LogP contribution in [0.25, 0.3) is 0 Å². The molecule has 1 unspecified atom stereocenters. The van der Waals surface area contributed by atoms with E-state index in [9.17, 15) is 0 Å². The van der Waals surface area contributed by atoms with Gasteiger partial charge in [0.15, 0.2) is 0 Å². The Morgan fingerprint density at radius 2 is 1.69 bits per heavy atom. The molecular formula is C21H20N4S. The van der Waals surface area contributed by atoms with Crippen molar-refractivity contribution < 1.29 is 0 Å². The number of allylic oxidation sites excluding steroid dienone is 2. The van der Waals surface area contributed by atoms with Gasteiger partial charge in [0.05, 0.1) is 0 Å². The zero-order chi connectivity index (χ0) is 18.1. The van der Waals surface area contributed by atoms with Crippen molar-refractivity contribution in [1.82, 2.24) is 4.90 Å². The second-order valence-electron chi connectivity index (χ2n) is 6.43. The molecule has 0 bridgehead atoms. The van der Waals surface area contributed by atoms with Gasteiger partial charge >= 0.3 is 0 Å². The van der Waals surface area contributed by atoms with E-state index >= 15 is 0 Å². The van der Waals surface area contributed by atoms with Gasteiger partial charge < -0.3 is 9.80 Å². The second kappa shape index (κ2) is 6.77. The van der Waals surface area contributed by atoms with Crippen molar-refractivity contribution in [2.45, 2.75) is 6.17 Å². The first-order valence-corrected chi connectivity index (χ1v) is 8.93. The van der Waals surface area contributed by atoms with Crippen LogP contribution in [0.15, 0.2) is 84.0 Å². The summed E-state index contributed by atoms with van der Waals surface area (Å²) in [6.45, 7) is 0. The van der Waals surface area contributed by atoms with E-state index in [2.05, 4.69) is 62.3 Å². The second-order valence-corrected chi connectivity index (χ2v) is 6.79. The largest absolute Gasteiger partial charge is 0.378 e. The minimum atomic E-state index is -0.0742. The normalized spacial score (nSPS) is 18.6. The zero-order valence-corrected chi connectivity index (χ0v) is 15.6. The van der Waals surface area contributed by atoms with Crippen LogP contribution < -0.4 is 9.80 Å². The summed E-state index contributed by atoms with van der Waals surface area (Å²) < 4.78 is 0. The third kappa shape index (κ3) is 2.91. The van der Waals surface area contributed by atoms with E-state index in [1.807, 2.05) is 50.5 Å². The van der Waals surface area contributed by atoms with Crippen LogP contribution >= 0.6 is 12.2 Å². The highest BCUT2D eigenvalue weighted by atomic mass is 32.1. The fourth-order valence-corrected chi connectivity index (χ4v) is 3.52. The predicted molar refractivity (Wildman–Crippen MR) is 113 cm³/mol. The van der Waals surface area contributed by atoms with Gasteiger partial charge in [0.25, 0.3) is 0 Å². The molecule has 0 radical (unpaired) electrons. The summed E-state index contributed by atoms with van der Waals surface area (Å²) in [5.41, 5.74) is 3.36. The molecule has 0 saturated carbocycles. The van der Waals surface area contributed by atoms with Crippen LogP contribution in [0.1, 0.15) is 11.7 Å². The Hall–Kier alpha value is -2.92. The third-order valence-corrected chi connectivity index (χ3v) is 4.82. The number of rotatable bonds is 3. The van der Waals surface area contributed by atoms with Gasteiger partial charge in [-0.1, -0.05) is 36.4 Å². The molecule has 130 valence electrons. The molecule has 2 heterocycles. The van der Waals surface area contributed by atoms with Gasteiger partial charge in [0.1, 0.15) is 12.0 Å². The smallest absolute Gasteiger partial charge is 0.203 e. The highest BCUT2D eigenvalue weighted by Crippen LogP contribution is 2.36. The summed E-state index contributed by atoms with van der Waals surface area (Å²) in [5, 5.41) is 0.573. The first-order chi connectivity index (χ1) is 12.6. The summed E-state index contributed by atoms with van der Waals surface area (Å²) in [4.78, 5) is 11.0. The van der Waals surface area contributed by atoms with Crippen molar-refractivity contribution in [2.75, 3.05) is 23.9 Å². The van der Waals surface area contributed by atoms with Crippen LogP contribution in [0.4, 0.5) is 11.4 Å². The standard InChI is InChI=1S/C21H20N4S/c1-23(2)17-13-11-16(12-14-17)20-24-15-7-6-10-19(24)22-21(26)25(20)18-8-4-3-5-9-18/h3-15,20H,1-2H3. The Morgan fingerprint density at radius 3 is 2.38 bits per heavy atom. The summed E-state index contributed by atoms with van der Waals surface area (Å²) in [6.07, 6.45) is 7.99. The Labute approximate surface area is 159 Å². The molecule has 0 spiro atoms. The van der Waals surface area contributed by atoms with Gasteiger partial charge in [-0.25, -0.2) is 4.99 Å². The summed E-state index contributed by atoms with van der Waals surface area (Å²) >= 11 is 5.67. The summed E-state index contributed by atoms with van der Waals surface area (Å²) in [6, 6.07) is 18.8. The molecule has 5 heteroatoms. The number of amidine groups is 1. The number of fused-ring (bicyclic) bond motifs is 1. The molecule has 0 aromatic heterocycles. The lowest BCUT2D eigenvalue weighted by Gasteiger charge is -2.43. The molecular weight excluding hydrogens is 340 g/mol. The topological polar surface area (TPSA) is 22.1 Å². The number of nitrogens with zero attached hydrogens (tertiary/aromatic N) is 4. The van der Waals surface area contributed by atoms with Crippen LogP contribution in [0.2, 0.25) is 0 Å². The lowest BCUT2D eigenvalue weighted by atomic mass is 10.1. The fourth-order valence-electron chi connectivity index (χ4n) is 3.22. The van der Waals surface area contributed by atoms with E-state index in [0.29, 0.717) is 5.11 Å². The van der Waals surface area contributed by atoms with Gasteiger partial charge in [-0.15, -0.1) is 0 Å². The summed E-state index contributed by atoms with van der Waals surface area (Å²) in [7, 11) is 4.09. The van der Waals surface area contributed by atoms with Crippen molar-refractivity contribution in [3.8, 4) is 0 Å². The molecule has 2 aliphatic rings. The van der Waals surface area contributed by atoms with Crippen molar-refractivity contribution in [1.29, 1.82) is 0 Å². The van der Waals surface area contributed by atoms with Crippen molar-refractivity contribution in [2.24, 2.45) is 4.99 Å². The van der Waals surface area contributed by atoms with E-state index in [4.69, 9.17) is 12.2 Å². The third-order valence-electron chi connectivity index (χ3n) is 4.53. The highest BCUT2D eigenvalue weighted by molar-refractivity contribution is 7.80. The van der Waals surface area contributed by atoms with Gasteiger partial charge in [-0.05, 0) is 54.2 Å². The Morgan fingerprint density at radius 1 is 0.962 bits per heavy atom. The van der Waals surface area contributed by atoms with Crippen molar-refractivity contribution in [3.63, 3.8) is 0 Å². The quantitative estimate of drug-likeness (QED) is 0.759. The monoisotopic (exact) mass is 360 g/mol. The van der Waals surface area contributed by atoms with Gasteiger partial charge in [0.2, 0.25) is 5.11 Å². The molecule has 1 atom stereocenters. The van der Waals surface area contributed by atoms with Crippen LogP contribution in [0.5, 0.6) is 0 Å². The molecule has 4 nitrogen and oxygen atoms in total. The Kier molecular flexibility index (Phi) is 4.31. The average molecular weight is 360 g/mol. The predicted octanol–water partition coefficient (Wildman–Crippen LogP) is 4.34. The number of hydrogen-bond acceptors (Lipinski definition) is 3. The van der Waals surface area contributed by atoms with Crippen LogP contribution in [-0.4, -0.2) is 29.9 Å². The Balaban J connectivity index is 1.83. The molecule has 2 aliphatic heterocycles. The van der Waals surface area contributed by atoms with E-state index in [-0.39, 0.29) is 6.17 Å². The number of benzene rings is 2. The number of hydrogen-bond donors (Lipinski definition) is 0. The number of aliphatic imine (C=N–C) groups is 1. The number of para-hydroxylation sites is 1. The lowest BCUT2D eigenvalue weighted by Crippen LogP contribution is -2.48. The fraction of sp³-hybridized carbons (Fsp3) is 0.143. The SMILES string of the molecule is CN(C)c1ccc(C2N3C=CC=CC3=NC(=S)N2c2ccccc2)cc1. The molecule has 2 aromatic carbocycles. The summed E-state index contributed by atoms with van der Waals surface area (Å²) in [5.74, 6) is 0.867. The molecule has 4 rings (SSSR count). The van der Waals surface area contributed by atoms with Crippen LogP contribution in [-0.2, 0) is 0 Å². The molecule has 0 saturated heterocycles. The molecule has 0 N–H and O–H groups in total. The highest BCUT2D eigenvalue weighted by Gasteiger charge is 2.35. The molecule has 26 heavy (non-hydrogen) atoms. The lowest BCUT2D eigenvalue weighted by molar-refractivity contribution is 0.415. The molecule has 0 fully saturated rings. The van der Waals surface area contributed by atoms with Gasteiger partial charge in [-0.3, -0.25) is 4.90 Å². The van der Waals surface area contributed by atoms with Crippen LogP contribution in [0, 0.1) is 0 Å². The Bertz CT molecular complexity index is 897. The first-order valence-electron chi connectivity index (χ1n) is 8.52. The number of thiocarbonyl (C=S) groups is 1. The molecule has 0 amide bonds. The maximum Gasteiger partial charge on any atom is 0.203 e. The van der Waals surface area contributed by atoms with E-state index in [0.717, 1.165) is 17.1 Å². The zero-order valence-electron chi connectivity index (χ0n) is 14.8. The minimum absolute atomic E-state index is 0.0742. The minimum Gasteiger partial charge on any atom is -0.378 e. The van der Waals surface area contributed by atoms with E-state index < -0.39 is 0 Å². The molecule has 0 aliphatic carbocycles. The van der Waals surface area contributed by atoms with Crippen molar-refractivity contribution >= 4 is 34.5 Å². The first kappa shape index (κ1) is 16.5. The molecule has 2 aromatic rings. The van der Waals surface area contributed by atoms with E-state index in [1.165, 1.54) is 5.69 Å². The van der Waals surface area contributed by atoms with Gasteiger partial charge in [-0.2, -0.15) is 0 Å². The number of anilines is 2. The maximum absolute atomic E-state index is 5.67.